The van der Waals surface area contributed by atoms with Crippen molar-refractivity contribution in [2.75, 3.05) is 5.32 Å². The van der Waals surface area contributed by atoms with E-state index in [2.05, 4.69) is 18.3 Å². The molecule has 1 aliphatic carbocycles. The number of hydrogen-bond donors (Lipinski definition) is 1. The Morgan fingerprint density at radius 3 is 2.89 bits per heavy atom. The highest BCUT2D eigenvalue weighted by molar-refractivity contribution is 7.16. The Bertz CT molecular complexity index is 511. The Kier molecular flexibility index (Phi) is 3.72. The summed E-state index contributed by atoms with van der Waals surface area (Å²) < 4.78 is 0. The smallest absolute Gasteiger partial charge is 0.227 e. The number of hydrogen-bond acceptors (Lipinski definition) is 3. The molecule has 2 rings (SSSR count). The van der Waals surface area contributed by atoms with Crippen LogP contribution < -0.4 is 5.32 Å². The largest absolute Gasteiger partial charge is 0.316 e. The molecule has 1 unspecified atom stereocenters. The molecular weight excluding hydrogens is 244 g/mol. The van der Waals surface area contributed by atoms with Gasteiger partial charge in [0.1, 0.15) is 11.1 Å². The fourth-order valence-electron chi connectivity index (χ4n) is 2.22. The van der Waals surface area contributed by atoms with E-state index in [0.717, 1.165) is 17.8 Å². The molecule has 1 aromatic heterocycles. The molecular formula is C14H18N2OS. The van der Waals surface area contributed by atoms with Crippen molar-refractivity contribution in [1.82, 2.24) is 0 Å². The lowest BCUT2D eigenvalue weighted by atomic mass is 9.88. The normalized spacial score (nSPS) is 18.3. The molecule has 1 aromatic rings. The molecule has 0 fully saturated rings. The zero-order chi connectivity index (χ0) is 13.3. The minimum absolute atomic E-state index is 0.0156. The predicted octanol–water partition coefficient (Wildman–Crippen LogP) is 3.34. The van der Waals surface area contributed by atoms with Crippen LogP contribution in [0.25, 0.3) is 0 Å². The summed E-state index contributed by atoms with van der Waals surface area (Å²) in [7, 11) is 0. The van der Waals surface area contributed by atoms with Crippen molar-refractivity contribution >= 4 is 22.2 Å². The average Bonchev–Trinajstić information content (AvgIpc) is 2.65. The van der Waals surface area contributed by atoms with Gasteiger partial charge in [-0.15, -0.1) is 11.3 Å². The Morgan fingerprint density at radius 2 is 2.28 bits per heavy atom. The van der Waals surface area contributed by atoms with Crippen LogP contribution in [0, 0.1) is 23.2 Å². The summed E-state index contributed by atoms with van der Waals surface area (Å²) >= 11 is 1.58. The van der Waals surface area contributed by atoms with Crippen LogP contribution in [0.3, 0.4) is 0 Å². The zero-order valence-electron chi connectivity index (χ0n) is 11.0. The molecule has 0 saturated carbocycles. The van der Waals surface area contributed by atoms with Crippen molar-refractivity contribution in [3.63, 3.8) is 0 Å². The van der Waals surface area contributed by atoms with Gasteiger partial charge in [-0.1, -0.05) is 20.8 Å². The molecule has 0 spiro atoms. The second-order valence-electron chi connectivity index (χ2n) is 5.31. The third-order valence-electron chi connectivity index (χ3n) is 3.38. The summed E-state index contributed by atoms with van der Waals surface area (Å²) in [5, 5.41) is 12.9. The first-order valence-electron chi connectivity index (χ1n) is 6.38. The maximum absolute atomic E-state index is 11.7. The van der Waals surface area contributed by atoms with Gasteiger partial charge in [-0.2, -0.15) is 5.26 Å². The molecule has 0 aliphatic heterocycles. The van der Waals surface area contributed by atoms with Gasteiger partial charge >= 0.3 is 0 Å². The van der Waals surface area contributed by atoms with Gasteiger partial charge in [0.15, 0.2) is 0 Å². The number of fused-ring (bicyclic) bond motifs is 1. The van der Waals surface area contributed by atoms with Gasteiger partial charge in [0.2, 0.25) is 5.91 Å². The standard InChI is InChI=1S/C14H18N2OS/c1-8(2)13(17)16-14-11(7-15)10-6-9(3)4-5-12(10)18-14/h8-9H,4-6H2,1-3H3,(H,16,17). The summed E-state index contributed by atoms with van der Waals surface area (Å²) in [6.07, 6.45) is 3.18. The highest BCUT2D eigenvalue weighted by Crippen LogP contribution is 2.39. The second kappa shape index (κ2) is 5.11. The molecule has 1 heterocycles. The quantitative estimate of drug-likeness (QED) is 0.888. The molecule has 4 heteroatoms. The van der Waals surface area contributed by atoms with Crippen LogP contribution in [-0.2, 0) is 17.6 Å². The third kappa shape index (κ3) is 2.41. The molecule has 1 N–H and O–H groups in total. The monoisotopic (exact) mass is 262 g/mol. The number of carbonyl (C=O) groups is 1. The minimum Gasteiger partial charge on any atom is -0.316 e. The zero-order valence-corrected chi connectivity index (χ0v) is 11.9. The van der Waals surface area contributed by atoms with Gasteiger partial charge in [0, 0.05) is 10.8 Å². The van der Waals surface area contributed by atoms with Crippen molar-refractivity contribution in [3.05, 3.63) is 16.0 Å². The predicted molar refractivity (Wildman–Crippen MR) is 73.7 cm³/mol. The van der Waals surface area contributed by atoms with Crippen LogP contribution >= 0.6 is 11.3 Å². The van der Waals surface area contributed by atoms with Crippen molar-refractivity contribution in [3.8, 4) is 6.07 Å². The fraction of sp³-hybridized carbons (Fsp3) is 0.571. The van der Waals surface area contributed by atoms with Crippen LogP contribution in [0.15, 0.2) is 0 Å². The minimum atomic E-state index is -0.0606. The van der Waals surface area contributed by atoms with E-state index in [4.69, 9.17) is 0 Å². The summed E-state index contributed by atoms with van der Waals surface area (Å²) in [6.45, 7) is 5.93. The van der Waals surface area contributed by atoms with E-state index < -0.39 is 0 Å². The number of nitrogens with zero attached hydrogens (tertiary/aromatic N) is 1. The number of carbonyl (C=O) groups excluding carboxylic acids is 1. The topological polar surface area (TPSA) is 52.9 Å². The molecule has 96 valence electrons. The number of anilines is 1. The van der Waals surface area contributed by atoms with E-state index in [1.807, 2.05) is 13.8 Å². The number of thiophene rings is 1. The molecule has 0 radical (unpaired) electrons. The van der Waals surface area contributed by atoms with Gasteiger partial charge < -0.3 is 5.32 Å². The third-order valence-corrected chi connectivity index (χ3v) is 4.59. The molecule has 0 aromatic carbocycles. The van der Waals surface area contributed by atoms with E-state index >= 15 is 0 Å². The molecule has 3 nitrogen and oxygen atoms in total. The van der Waals surface area contributed by atoms with E-state index in [1.54, 1.807) is 11.3 Å². The molecule has 1 atom stereocenters. The highest BCUT2D eigenvalue weighted by Gasteiger charge is 2.25. The maximum Gasteiger partial charge on any atom is 0.227 e. The summed E-state index contributed by atoms with van der Waals surface area (Å²) in [6, 6.07) is 2.26. The molecule has 0 bridgehead atoms. The fourth-order valence-corrected chi connectivity index (χ4v) is 3.42. The van der Waals surface area contributed by atoms with E-state index in [9.17, 15) is 10.1 Å². The maximum atomic E-state index is 11.7. The lowest BCUT2D eigenvalue weighted by Crippen LogP contribution is -2.17. The average molecular weight is 262 g/mol. The Labute approximate surface area is 112 Å². The van der Waals surface area contributed by atoms with Gasteiger partial charge in [0.25, 0.3) is 0 Å². The summed E-state index contributed by atoms with van der Waals surface area (Å²) in [5.41, 5.74) is 1.86. The number of rotatable bonds is 2. The molecule has 1 amide bonds. The van der Waals surface area contributed by atoms with Crippen LogP contribution in [0.5, 0.6) is 0 Å². The molecule has 18 heavy (non-hydrogen) atoms. The van der Waals surface area contributed by atoms with E-state index in [0.29, 0.717) is 11.5 Å². The van der Waals surface area contributed by atoms with Crippen LogP contribution in [0.2, 0.25) is 0 Å². The summed E-state index contributed by atoms with van der Waals surface area (Å²) in [4.78, 5) is 13.0. The number of nitriles is 1. The second-order valence-corrected chi connectivity index (χ2v) is 6.42. The lowest BCUT2D eigenvalue weighted by molar-refractivity contribution is -0.118. The van der Waals surface area contributed by atoms with Crippen molar-refractivity contribution in [2.24, 2.45) is 11.8 Å². The first kappa shape index (κ1) is 13.1. The van der Waals surface area contributed by atoms with Gasteiger partial charge in [-0.05, 0) is 30.7 Å². The molecule has 1 aliphatic rings. The van der Waals surface area contributed by atoms with Crippen molar-refractivity contribution < 1.29 is 4.79 Å². The van der Waals surface area contributed by atoms with Gasteiger partial charge in [-0.3, -0.25) is 4.79 Å². The van der Waals surface area contributed by atoms with Crippen molar-refractivity contribution in [1.29, 1.82) is 5.26 Å². The highest BCUT2D eigenvalue weighted by atomic mass is 32.1. The van der Waals surface area contributed by atoms with Crippen molar-refractivity contribution in [2.45, 2.75) is 40.0 Å². The molecule has 0 saturated heterocycles. The van der Waals surface area contributed by atoms with Gasteiger partial charge in [-0.25, -0.2) is 0 Å². The first-order chi connectivity index (χ1) is 8.52. The Hall–Kier alpha value is -1.34. The Morgan fingerprint density at radius 1 is 1.56 bits per heavy atom. The summed E-state index contributed by atoms with van der Waals surface area (Å²) in [5.74, 6) is 0.556. The first-order valence-corrected chi connectivity index (χ1v) is 7.20. The van der Waals surface area contributed by atoms with Gasteiger partial charge in [0.05, 0.1) is 5.56 Å². The SMILES string of the molecule is CC1CCc2sc(NC(=O)C(C)C)c(C#N)c2C1. The number of nitrogens with one attached hydrogen (secondary N) is 1. The van der Waals surface area contributed by atoms with Crippen LogP contribution in [-0.4, -0.2) is 5.91 Å². The van der Waals surface area contributed by atoms with E-state index in [1.165, 1.54) is 16.9 Å². The lowest BCUT2D eigenvalue weighted by Gasteiger charge is -2.17. The van der Waals surface area contributed by atoms with E-state index in [-0.39, 0.29) is 11.8 Å². The number of amides is 1. The van der Waals surface area contributed by atoms with Crippen LogP contribution in [0.1, 0.15) is 43.2 Å². The van der Waals surface area contributed by atoms with Crippen LogP contribution in [0.4, 0.5) is 5.00 Å². The number of aryl methyl sites for hydroxylation is 1. The Balaban J connectivity index is 2.33.